The third-order valence-electron chi connectivity index (χ3n) is 10.5. The van der Waals surface area contributed by atoms with Crippen LogP contribution in [-0.2, 0) is 32.7 Å². The van der Waals surface area contributed by atoms with Crippen LogP contribution < -0.4 is 4.89 Å². The number of nitrogens with zero attached hydrogens (tertiary/aromatic N) is 1. The smallest absolute Gasteiger partial charge is 0.306 e. The molecule has 0 rings (SSSR count). The number of carbonyl (C=O) groups is 2. The standard InChI is InChI=1S/C50H92NO9P/c1-6-8-10-11-12-13-14-15-16-17-18-19-20-21-24-27-30-33-37-41-49(53)57-45-48(46-59-61(55,56)58-44-43-51(3,4)5)60-50(54)42-38-34-31-28-25-22-23-26-29-32-36-40-47(52)39-35-9-7-2/h22-23,28-29,31-32,36,40,47-48,52H,6-21,24-27,30,33-35,37-39,41-46H2,1-5H3/b23-22-,31-28-,32-29-,40-36+/t47-,48+/m0/s1. The number of phosphoric acid groups is 1. The molecule has 0 aliphatic carbocycles. The number of rotatable bonds is 44. The summed E-state index contributed by atoms with van der Waals surface area (Å²) >= 11 is 0. The lowest BCUT2D eigenvalue weighted by molar-refractivity contribution is -0.870. The zero-order valence-electron chi connectivity index (χ0n) is 39.7. The van der Waals surface area contributed by atoms with Gasteiger partial charge in [-0.25, -0.2) is 0 Å². The molecule has 61 heavy (non-hydrogen) atoms. The second-order valence-corrected chi connectivity index (χ2v) is 19.1. The van der Waals surface area contributed by atoms with Crippen molar-refractivity contribution < 1.29 is 47.2 Å². The minimum atomic E-state index is -4.65. The zero-order chi connectivity index (χ0) is 45.1. The van der Waals surface area contributed by atoms with Crippen LogP contribution in [0.15, 0.2) is 48.6 Å². The van der Waals surface area contributed by atoms with E-state index in [1.54, 1.807) is 0 Å². The van der Waals surface area contributed by atoms with Crippen LogP contribution in [0.2, 0.25) is 0 Å². The number of unbranched alkanes of at least 4 members (excludes halogenated alkanes) is 21. The first-order valence-electron chi connectivity index (χ1n) is 24.5. The van der Waals surface area contributed by atoms with Gasteiger partial charge in [-0.05, 0) is 38.5 Å². The molecule has 356 valence electrons. The number of hydrogen-bond donors (Lipinski definition) is 1. The van der Waals surface area contributed by atoms with Gasteiger partial charge >= 0.3 is 11.9 Å². The third-order valence-corrected chi connectivity index (χ3v) is 11.4. The molecule has 0 aromatic rings. The van der Waals surface area contributed by atoms with Gasteiger partial charge in [0.1, 0.15) is 19.8 Å². The van der Waals surface area contributed by atoms with Crippen molar-refractivity contribution in [1.82, 2.24) is 0 Å². The fraction of sp³-hybridized carbons (Fsp3) is 0.800. The molecule has 0 aliphatic rings. The van der Waals surface area contributed by atoms with Gasteiger partial charge < -0.3 is 33.0 Å². The Bertz CT molecular complexity index is 1200. The second-order valence-electron chi connectivity index (χ2n) is 17.7. The molecule has 1 unspecified atom stereocenters. The number of allylic oxidation sites excluding steroid dienone is 7. The molecule has 0 aliphatic heterocycles. The summed E-state index contributed by atoms with van der Waals surface area (Å²) in [4.78, 5) is 37.6. The topological polar surface area (TPSA) is 131 Å². The summed E-state index contributed by atoms with van der Waals surface area (Å²) in [6, 6.07) is 0. The summed E-state index contributed by atoms with van der Waals surface area (Å²) in [6.45, 7) is 4.04. The van der Waals surface area contributed by atoms with Gasteiger partial charge in [0.2, 0.25) is 0 Å². The molecule has 0 bridgehead atoms. The average molecular weight is 882 g/mol. The number of quaternary nitrogens is 1. The van der Waals surface area contributed by atoms with Crippen molar-refractivity contribution in [3.8, 4) is 0 Å². The van der Waals surface area contributed by atoms with E-state index < -0.39 is 32.5 Å². The Morgan fingerprint density at radius 3 is 1.66 bits per heavy atom. The minimum Gasteiger partial charge on any atom is -0.756 e. The van der Waals surface area contributed by atoms with E-state index in [0.29, 0.717) is 23.9 Å². The minimum absolute atomic E-state index is 0.0494. The van der Waals surface area contributed by atoms with Crippen LogP contribution in [0.5, 0.6) is 0 Å². The van der Waals surface area contributed by atoms with Crippen molar-refractivity contribution in [3.63, 3.8) is 0 Å². The molecule has 0 saturated heterocycles. The first kappa shape index (κ1) is 58.9. The van der Waals surface area contributed by atoms with E-state index in [1.165, 1.54) is 103 Å². The molecule has 0 radical (unpaired) electrons. The molecule has 0 amide bonds. The van der Waals surface area contributed by atoms with E-state index in [2.05, 4.69) is 26.0 Å². The molecule has 11 heteroatoms. The fourth-order valence-electron chi connectivity index (χ4n) is 6.58. The number of ether oxygens (including phenoxy) is 2. The molecule has 0 saturated carbocycles. The Balaban J connectivity index is 4.39. The van der Waals surface area contributed by atoms with Crippen molar-refractivity contribution in [1.29, 1.82) is 0 Å². The van der Waals surface area contributed by atoms with E-state index in [1.807, 2.05) is 57.6 Å². The Hall–Kier alpha value is -2.07. The Morgan fingerprint density at radius 1 is 0.607 bits per heavy atom. The molecule has 0 heterocycles. The van der Waals surface area contributed by atoms with Gasteiger partial charge in [-0.3, -0.25) is 14.2 Å². The Kier molecular flexibility index (Phi) is 40.5. The number of likely N-dealkylation sites (N-methyl/N-ethyl adjacent to an activating group) is 1. The summed E-state index contributed by atoms with van der Waals surface area (Å²) < 4.78 is 33.9. The highest BCUT2D eigenvalue weighted by Gasteiger charge is 2.21. The highest BCUT2D eigenvalue weighted by atomic mass is 31.2. The van der Waals surface area contributed by atoms with E-state index in [9.17, 15) is 24.2 Å². The van der Waals surface area contributed by atoms with Gasteiger partial charge in [-0.2, -0.15) is 0 Å². The SMILES string of the molecule is CCCCCCCCCCCCCCCCCCCCCC(=O)OC[C@H](COP(=O)([O-])OCC[N+](C)(C)C)OC(=O)CCC/C=C\C/C=C\C/C=C\C=C\[C@@H](O)CCCCC. The lowest BCUT2D eigenvalue weighted by Gasteiger charge is -2.28. The number of aliphatic hydroxyl groups is 1. The van der Waals surface area contributed by atoms with Gasteiger partial charge in [-0.15, -0.1) is 0 Å². The Morgan fingerprint density at radius 2 is 1.10 bits per heavy atom. The lowest BCUT2D eigenvalue weighted by atomic mass is 10.0. The van der Waals surface area contributed by atoms with E-state index in [4.69, 9.17) is 18.5 Å². The van der Waals surface area contributed by atoms with Crippen molar-refractivity contribution in [3.05, 3.63) is 48.6 Å². The first-order valence-corrected chi connectivity index (χ1v) is 25.9. The van der Waals surface area contributed by atoms with Gasteiger partial charge in [0.25, 0.3) is 7.82 Å². The van der Waals surface area contributed by atoms with E-state index in [0.717, 1.165) is 57.8 Å². The maximum Gasteiger partial charge on any atom is 0.306 e. The predicted octanol–water partition coefficient (Wildman–Crippen LogP) is 12.6. The number of phosphoric ester groups is 1. The fourth-order valence-corrected chi connectivity index (χ4v) is 7.31. The van der Waals surface area contributed by atoms with Crippen LogP contribution in [0, 0.1) is 0 Å². The van der Waals surface area contributed by atoms with Crippen LogP contribution in [0.3, 0.4) is 0 Å². The Labute approximate surface area is 374 Å². The second kappa shape index (κ2) is 41.9. The number of hydrogen-bond acceptors (Lipinski definition) is 9. The summed E-state index contributed by atoms with van der Waals surface area (Å²) in [5.74, 6) is -0.921. The van der Waals surface area contributed by atoms with E-state index >= 15 is 0 Å². The third kappa shape index (κ3) is 45.8. The first-order chi connectivity index (χ1) is 29.4. The van der Waals surface area contributed by atoms with E-state index in [-0.39, 0.29) is 32.2 Å². The molecule has 0 aromatic carbocycles. The van der Waals surface area contributed by atoms with Gasteiger partial charge in [-0.1, -0.05) is 197 Å². The molecule has 0 aromatic heterocycles. The quantitative estimate of drug-likeness (QED) is 0.0159. The molecular formula is C50H92NO9P. The number of carbonyl (C=O) groups excluding carboxylic acids is 2. The van der Waals surface area contributed by atoms with Crippen LogP contribution in [0.25, 0.3) is 0 Å². The molecule has 0 spiro atoms. The summed E-state index contributed by atoms with van der Waals surface area (Å²) in [7, 11) is 1.10. The summed E-state index contributed by atoms with van der Waals surface area (Å²) in [5.41, 5.74) is 0. The van der Waals surface area contributed by atoms with Gasteiger partial charge in [0.05, 0.1) is 33.9 Å². The van der Waals surface area contributed by atoms with Crippen molar-refractivity contribution in [2.45, 2.75) is 212 Å². The average Bonchev–Trinajstić information content (AvgIpc) is 3.21. The largest absolute Gasteiger partial charge is 0.756 e. The normalized spacial score (nSPS) is 14.4. The predicted molar refractivity (Wildman–Crippen MR) is 251 cm³/mol. The molecule has 1 N–H and O–H groups in total. The molecule has 10 nitrogen and oxygen atoms in total. The summed E-state index contributed by atoms with van der Waals surface area (Å²) in [5, 5.41) is 9.92. The molecule has 0 fully saturated rings. The monoisotopic (exact) mass is 882 g/mol. The van der Waals surface area contributed by atoms with Crippen molar-refractivity contribution in [2.75, 3.05) is 47.5 Å². The highest BCUT2D eigenvalue weighted by molar-refractivity contribution is 7.45. The van der Waals surface area contributed by atoms with Crippen LogP contribution in [-0.4, -0.2) is 81.2 Å². The lowest BCUT2D eigenvalue weighted by Crippen LogP contribution is -2.37. The summed E-state index contributed by atoms with van der Waals surface area (Å²) in [6.07, 6.45) is 46.2. The number of esters is 2. The highest BCUT2D eigenvalue weighted by Crippen LogP contribution is 2.38. The van der Waals surface area contributed by atoms with Gasteiger partial charge in [0.15, 0.2) is 6.10 Å². The maximum absolute atomic E-state index is 12.7. The number of aliphatic hydroxyl groups excluding tert-OH is 1. The van der Waals surface area contributed by atoms with Crippen LogP contribution in [0.4, 0.5) is 0 Å². The van der Waals surface area contributed by atoms with Crippen LogP contribution in [0.1, 0.15) is 200 Å². The zero-order valence-corrected chi connectivity index (χ0v) is 40.6. The van der Waals surface area contributed by atoms with Gasteiger partial charge in [0, 0.05) is 12.8 Å². The molecular weight excluding hydrogens is 790 g/mol. The van der Waals surface area contributed by atoms with Crippen molar-refractivity contribution in [2.24, 2.45) is 0 Å². The van der Waals surface area contributed by atoms with Crippen molar-refractivity contribution >= 4 is 19.8 Å². The maximum atomic E-state index is 12.7. The van der Waals surface area contributed by atoms with Crippen LogP contribution >= 0.6 is 7.82 Å². The molecule has 3 atom stereocenters.